The lowest BCUT2D eigenvalue weighted by Crippen LogP contribution is -2.39. The third-order valence-corrected chi connectivity index (χ3v) is 4.62. The van der Waals surface area contributed by atoms with Gasteiger partial charge in [0.15, 0.2) is 17.3 Å². The Hall–Kier alpha value is -2.89. The highest BCUT2D eigenvalue weighted by Crippen LogP contribution is 2.38. The number of nitro groups is 1. The smallest absolute Gasteiger partial charge is 0.223 e. The number of benzene rings is 2. The van der Waals surface area contributed by atoms with Gasteiger partial charge >= 0.3 is 0 Å². The van der Waals surface area contributed by atoms with Gasteiger partial charge in [0, 0.05) is 30.8 Å². The lowest BCUT2D eigenvalue weighted by Gasteiger charge is -2.27. The Morgan fingerprint density at radius 3 is 2.23 bits per heavy atom. The summed E-state index contributed by atoms with van der Waals surface area (Å²) in [6, 6.07) is 13.9. The Kier molecular flexibility index (Phi) is 5.97. The van der Waals surface area contributed by atoms with E-state index in [2.05, 4.69) is 0 Å². The number of rotatable bonds is 8. The van der Waals surface area contributed by atoms with E-state index in [4.69, 9.17) is 9.47 Å². The van der Waals surface area contributed by atoms with Crippen molar-refractivity contribution in [1.82, 2.24) is 0 Å². The highest BCUT2D eigenvalue weighted by Gasteiger charge is 2.43. The zero-order chi connectivity index (χ0) is 19.3. The molecule has 0 amide bonds. The molecule has 26 heavy (non-hydrogen) atoms. The summed E-state index contributed by atoms with van der Waals surface area (Å²) in [5, 5.41) is 11.7. The Bertz CT molecular complexity index is 786. The quantitative estimate of drug-likeness (QED) is 0.403. The molecule has 0 spiro atoms. The Balaban J connectivity index is 2.45. The topological polar surface area (TPSA) is 78.7 Å². The third-order valence-electron chi connectivity index (χ3n) is 4.62. The summed E-state index contributed by atoms with van der Waals surface area (Å²) in [7, 11) is 3.03. The molecule has 6 heteroatoms. The molecule has 0 saturated heterocycles. The summed E-state index contributed by atoms with van der Waals surface area (Å²) in [6.45, 7) is 3.07. The van der Waals surface area contributed by atoms with Crippen LogP contribution in [0.2, 0.25) is 0 Å². The normalized spacial score (nSPS) is 12.3. The van der Waals surface area contributed by atoms with E-state index in [1.807, 2.05) is 6.07 Å². The van der Waals surface area contributed by atoms with Gasteiger partial charge in [0.05, 0.1) is 20.1 Å². The van der Waals surface area contributed by atoms with Crippen LogP contribution >= 0.6 is 0 Å². The average Bonchev–Trinajstić information content (AvgIpc) is 2.65. The number of carbonyl (C=O) groups excluding carboxylic acids is 1. The molecule has 0 aliphatic heterocycles. The molecule has 0 aromatic heterocycles. The van der Waals surface area contributed by atoms with Crippen molar-refractivity contribution in [2.45, 2.75) is 31.7 Å². The molecule has 0 saturated carbocycles. The predicted molar refractivity (Wildman–Crippen MR) is 98.7 cm³/mol. The number of ether oxygens (including phenoxy) is 2. The number of carbonyl (C=O) groups is 1. The van der Waals surface area contributed by atoms with Gasteiger partial charge in [0.2, 0.25) is 5.54 Å². The second-order valence-electron chi connectivity index (χ2n) is 6.57. The summed E-state index contributed by atoms with van der Waals surface area (Å²) in [6.07, 6.45) is 0.0213. The summed E-state index contributed by atoms with van der Waals surface area (Å²) >= 11 is 0. The molecule has 0 fully saturated rings. The fourth-order valence-corrected chi connectivity index (χ4v) is 2.90. The molecule has 138 valence electrons. The second-order valence-corrected chi connectivity index (χ2v) is 6.57. The maximum Gasteiger partial charge on any atom is 0.223 e. The van der Waals surface area contributed by atoms with Gasteiger partial charge in [0.25, 0.3) is 0 Å². The fourth-order valence-electron chi connectivity index (χ4n) is 2.90. The lowest BCUT2D eigenvalue weighted by atomic mass is 9.78. The van der Waals surface area contributed by atoms with Crippen molar-refractivity contribution in [1.29, 1.82) is 0 Å². The SMILES string of the molecule is COc1ccc([C@@H](CC(=O)c2ccccc2)C(C)(C)[N+](=O)[O-])cc1OC. The van der Waals surface area contributed by atoms with Gasteiger partial charge in [-0.15, -0.1) is 0 Å². The van der Waals surface area contributed by atoms with Crippen LogP contribution in [0.5, 0.6) is 11.5 Å². The van der Waals surface area contributed by atoms with Gasteiger partial charge in [0.1, 0.15) is 0 Å². The van der Waals surface area contributed by atoms with E-state index in [-0.39, 0.29) is 17.1 Å². The van der Waals surface area contributed by atoms with Crippen molar-refractivity contribution < 1.29 is 19.2 Å². The molecule has 2 aromatic carbocycles. The summed E-state index contributed by atoms with van der Waals surface area (Å²) < 4.78 is 10.5. The Morgan fingerprint density at radius 1 is 1.08 bits per heavy atom. The molecule has 0 aliphatic carbocycles. The van der Waals surface area contributed by atoms with Crippen molar-refractivity contribution in [3.8, 4) is 11.5 Å². The number of ketones is 1. The van der Waals surface area contributed by atoms with Crippen molar-refractivity contribution in [3.05, 3.63) is 69.8 Å². The first-order chi connectivity index (χ1) is 12.3. The van der Waals surface area contributed by atoms with Crippen LogP contribution in [0.15, 0.2) is 48.5 Å². The molecule has 1 atom stereocenters. The van der Waals surface area contributed by atoms with Crippen LogP contribution in [0.4, 0.5) is 0 Å². The van der Waals surface area contributed by atoms with Gasteiger partial charge < -0.3 is 9.47 Å². The van der Waals surface area contributed by atoms with Crippen LogP contribution in [0.3, 0.4) is 0 Å². The zero-order valence-electron chi connectivity index (χ0n) is 15.4. The maximum atomic E-state index is 12.7. The maximum absolute atomic E-state index is 12.7. The molecule has 0 unspecified atom stereocenters. The third kappa shape index (κ3) is 4.02. The van der Waals surface area contributed by atoms with Crippen LogP contribution in [0, 0.1) is 10.1 Å². The van der Waals surface area contributed by atoms with E-state index in [1.165, 1.54) is 28.1 Å². The molecule has 0 bridgehead atoms. The van der Waals surface area contributed by atoms with E-state index in [0.717, 1.165) is 0 Å². The highest BCUT2D eigenvalue weighted by molar-refractivity contribution is 5.96. The first-order valence-electron chi connectivity index (χ1n) is 8.26. The number of hydrogen-bond acceptors (Lipinski definition) is 5. The van der Waals surface area contributed by atoms with Crippen LogP contribution < -0.4 is 9.47 Å². The fraction of sp³-hybridized carbons (Fsp3) is 0.350. The second kappa shape index (κ2) is 7.99. The molecule has 0 radical (unpaired) electrons. The molecular formula is C20H23NO5. The van der Waals surface area contributed by atoms with Crippen molar-refractivity contribution >= 4 is 5.78 Å². The Labute approximate surface area is 152 Å². The molecule has 2 aromatic rings. The first-order valence-corrected chi connectivity index (χ1v) is 8.26. The molecule has 0 aliphatic rings. The summed E-state index contributed by atoms with van der Waals surface area (Å²) in [5.41, 5.74) is -0.130. The van der Waals surface area contributed by atoms with Crippen LogP contribution in [0.25, 0.3) is 0 Å². The number of hydrogen-bond donors (Lipinski definition) is 0. The van der Waals surface area contributed by atoms with E-state index in [0.29, 0.717) is 22.6 Å². The highest BCUT2D eigenvalue weighted by atomic mass is 16.6. The molecule has 0 heterocycles. The average molecular weight is 357 g/mol. The first kappa shape index (κ1) is 19.4. The minimum absolute atomic E-state index is 0.0213. The van der Waals surface area contributed by atoms with Crippen molar-refractivity contribution in [2.75, 3.05) is 14.2 Å². The predicted octanol–water partition coefficient (Wildman–Crippen LogP) is 4.12. The minimum Gasteiger partial charge on any atom is -0.493 e. The molecule has 6 nitrogen and oxygen atoms in total. The van der Waals surface area contributed by atoms with Gasteiger partial charge in [-0.3, -0.25) is 14.9 Å². The minimum atomic E-state index is -1.33. The van der Waals surface area contributed by atoms with E-state index in [1.54, 1.807) is 42.5 Å². The summed E-state index contributed by atoms with van der Waals surface area (Å²) in [5.74, 6) is 0.245. The molecule has 0 N–H and O–H groups in total. The van der Waals surface area contributed by atoms with E-state index in [9.17, 15) is 14.9 Å². The standard InChI is InChI=1S/C20H23NO5/c1-20(2,21(23)24)16(13-17(22)14-8-6-5-7-9-14)15-10-11-18(25-3)19(12-15)26-4/h5-12,16H,13H2,1-4H3/t16-/m1/s1. The number of Topliss-reactive ketones (excluding diaryl/α,β-unsaturated/α-hetero) is 1. The van der Waals surface area contributed by atoms with E-state index >= 15 is 0 Å². The van der Waals surface area contributed by atoms with Crippen LogP contribution in [-0.4, -0.2) is 30.5 Å². The van der Waals surface area contributed by atoms with Crippen molar-refractivity contribution in [3.63, 3.8) is 0 Å². The largest absolute Gasteiger partial charge is 0.493 e. The number of methoxy groups -OCH3 is 2. The zero-order valence-corrected chi connectivity index (χ0v) is 15.4. The summed E-state index contributed by atoms with van der Waals surface area (Å²) in [4.78, 5) is 24.0. The van der Waals surface area contributed by atoms with Gasteiger partial charge in [-0.2, -0.15) is 0 Å². The van der Waals surface area contributed by atoms with Gasteiger partial charge in [-0.25, -0.2) is 0 Å². The monoisotopic (exact) mass is 357 g/mol. The molecule has 2 rings (SSSR count). The Morgan fingerprint density at radius 2 is 1.69 bits per heavy atom. The van der Waals surface area contributed by atoms with Gasteiger partial charge in [-0.1, -0.05) is 36.4 Å². The lowest BCUT2D eigenvalue weighted by molar-refractivity contribution is -0.565. The molecular weight excluding hydrogens is 334 g/mol. The van der Waals surface area contributed by atoms with Crippen molar-refractivity contribution in [2.24, 2.45) is 0 Å². The van der Waals surface area contributed by atoms with Crippen LogP contribution in [0.1, 0.15) is 42.1 Å². The van der Waals surface area contributed by atoms with E-state index < -0.39 is 11.5 Å². The van der Waals surface area contributed by atoms with Gasteiger partial charge in [-0.05, 0) is 17.7 Å². The number of nitrogens with zero attached hydrogens (tertiary/aromatic N) is 1. The van der Waals surface area contributed by atoms with Crippen LogP contribution in [-0.2, 0) is 0 Å².